The van der Waals surface area contributed by atoms with Crippen LogP contribution in [0.4, 0.5) is 4.79 Å². The summed E-state index contributed by atoms with van der Waals surface area (Å²) in [5.74, 6) is -1.56. The summed E-state index contributed by atoms with van der Waals surface area (Å²) < 4.78 is 5.60. The van der Waals surface area contributed by atoms with Crippen LogP contribution in [0.5, 0.6) is 0 Å². The Balaban J connectivity index is 1.24. The van der Waals surface area contributed by atoms with Gasteiger partial charge in [-0.25, -0.2) is 9.59 Å². The molecule has 7 nitrogen and oxygen atoms in total. The number of carboxylic acids is 1. The Labute approximate surface area is 192 Å². The van der Waals surface area contributed by atoms with Crippen LogP contribution in [0, 0.1) is 11.8 Å². The van der Waals surface area contributed by atoms with Crippen molar-refractivity contribution in [2.24, 2.45) is 11.8 Å². The van der Waals surface area contributed by atoms with Gasteiger partial charge in [0, 0.05) is 5.92 Å². The summed E-state index contributed by atoms with van der Waals surface area (Å²) in [4.78, 5) is 37.2. The van der Waals surface area contributed by atoms with E-state index < -0.39 is 30.1 Å². The van der Waals surface area contributed by atoms with Gasteiger partial charge in [-0.3, -0.25) is 4.79 Å². The minimum atomic E-state index is -1.03. The standard InChI is InChI=1S/C26H28N2O5/c29-24(27-23(25(30)31)16-12-13-16)22(15-6-5-7-15)28-26(32)33-14-21-19-10-3-1-8-17(19)18-9-2-4-11-20(18)21/h1-4,8-11,15-16,21-23H,5-7,12-14H2,(H,27,29)(H,28,32)(H,30,31). The highest BCUT2D eigenvalue weighted by molar-refractivity contribution is 5.90. The maximum absolute atomic E-state index is 12.9. The average Bonchev–Trinajstić information content (AvgIpc) is 3.56. The Morgan fingerprint density at radius 3 is 1.94 bits per heavy atom. The van der Waals surface area contributed by atoms with Gasteiger partial charge in [-0.2, -0.15) is 0 Å². The summed E-state index contributed by atoms with van der Waals surface area (Å²) in [6.45, 7) is 0.165. The number of fused-ring (bicyclic) bond motifs is 3. The molecule has 0 aliphatic heterocycles. The van der Waals surface area contributed by atoms with Crippen molar-refractivity contribution >= 4 is 18.0 Å². The van der Waals surface area contributed by atoms with E-state index in [-0.39, 0.29) is 24.4 Å². The largest absolute Gasteiger partial charge is 0.480 e. The lowest BCUT2D eigenvalue weighted by atomic mass is 9.79. The fraction of sp³-hybridized carbons (Fsp3) is 0.423. The molecule has 2 saturated carbocycles. The molecule has 7 heteroatoms. The van der Waals surface area contributed by atoms with E-state index in [9.17, 15) is 19.5 Å². The second-order valence-corrected chi connectivity index (χ2v) is 9.30. The Morgan fingerprint density at radius 2 is 1.42 bits per heavy atom. The summed E-state index contributed by atoms with van der Waals surface area (Å²) in [6.07, 6.45) is 3.58. The molecule has 33 heavy (non-hydrogen) atoms. The zero-order valence-corrected chi connectivity index (χ0v) is 18.3. The Bertz CT molecular complexity index is 1030. The number of hydrogen-bond donors (Lipinski definition) is 3. The van der Waals surface area contributed by atoms with Crippen LogP contribution in [-0.4, -0.2) is 41.8 Å². The van der Waals surface area contributed by atoms with Crippen molar-refractivity contribution in [2.75, 3.05) is 6.61 Å². The molecule has 2 aromatic rings. The van der Waals surface area contributed by atoms with Gasteiger partial charge in [-0.15, -0.1) is 0 Å². The number of carbonyl (C=O) groups excluding carboxylic acids is 2. The first-order valence-corrected chi connectivity index (χ1v) is 11.7. The molecule has 2 amide bonds. The molecule has 0 radical (unpaired) electrons. The molecule has 3 N–H and O–H groups in total. The number of nitrogens with one attached hydrogen (secondary N) is 2. The molecular weight excluding hydrogens is 420 g/mol. The second-order valence-electron chi connectivity index (χ2n) is 9.30. The predicted molar refractivity (Wildman–Crippen MR) is 122 cm³/mol. The maximum Gasteiger partial charge on any atom is 0.407 e. The SMILES string of the molecule is O=C(NC(C(=O)NC(C(=O)O)C1CC1)C1CCC1)OCC1c2ccccc2-c2ccccc21. The highest BCUT2D eigenvalue weighted by Crippen LogP contribution is 2.44. The van der Waals surface area contributed by atoms with Crippen LogP contribution in [0.1, 0.15) is 49.1 Å². The fourth-order valence-corrected chi connectivity index (χ4v) is 4.99. The number of aliphatic carboxylic acids is 1. The van der Waals surface area contributed by atoms with Gasteiger partial charge >= 0.3 is 12.1 Å². The molecule has 3 aliphatic rings. The quantitative estimate of drug-likeness (QED) is 0.572. The van der Waals surface area contributed by atoms with E-state index >= 15 is 0 Å². The summed E-state index contributed by atoms with van der Waals surface area (Å²) in [6, 6.07) is 14.5. The molecular formula is C26H28N2O5. The van der Waals surface area contributed by atoms with Crippen LogP contribution < -0.4 is 10.6 Å². The zero-order chi connectivity index (χ0) is 22.9. The van der Waals surface area contributed by atoms with Gasteiger partial charge < -0.3 is 20.5 Å². The molecule has 2 atom stereocenters. The molecule has 0 saturated heterocycles. The number of benzene rings is 2. The van der Waals surface area contributed by atoms with Gasteiger partial charge in [0.25, 0.3) is 0 Å². The highest BCUT2D eigenvalue weighted by Gasteiger charge is 2.41. The lowest BCUT2D eigenvalue weighted by molar-refractivity contribution is -0.143. The number of alkyl carbamates (subject to hydrolysis) is 1. The maximum atomic E-state index is 12.9. The first-order valence-electron chi connectivity index (χ1n) is 11.7. The van der Waals surface area contributed by atoms with E-state index in [4.69, 9.17) is 4.74 Å². The second kappa shape index (κ2) is 8.89. The van der Waals surface area contributed by atoms with Crippen molar-refractivity contribution in [3.8, 4) is 11.1 Å². The third-order valence-corrected chi connectivity index (χ3v) is 7.18. The third kappa shape index (κ3) is 4.32. The van der Waals surface area contributed by atoms with Crippen LogP contribution in [-0.2, 0) is 14.3 Å². The van der Waals surface area contributed by atoms with Gasteiger partial charge in [0.05, 0.1) is 0 Å². The van der Waals surface area contributed by atoms with E-state index in [0.717, 1.165) is 54.4 Å². The molecule has 3 aliphatic carbocycles. The van der Waals surface area contributed by atoms with E-state index in [2.05, 4.69) is 34.9 Å². The number of hydrogen-bond acceptors (Lipinski definition) is 4. The molecule has 0 heterocycles. The van der Waals surface area contributed by atoms with E-state index in [1.54, 1.807) is 0 Å². The Hall–Kier alpha value is -3.35. The number of ether oxygens (including phenoxy) is 1. The van der Waals surface area contributed by atoms with Crippen LogP contribution in [0.3, 0.4) is 0 Å². The first-order chi connectivity index (χ1) is 16.0. The number of carbonyl (C=O) groups is 3. The Morgan fingerprint density at radius 1 is 0.848 bits per heavy atom. The van der Waals surface area contributed by atoms with Gasteiger partial charge in [0.1, 0.15) is 18.7 Å². The Kier molecular flexibility index (Phi) is 5.79. The average molecular weight is 449 g/mol. The van der Waals surface area contributed by atoms with Crippen molar-refractivity contribution in [2.45, 2.75) is 50.1 Å². The smallest absolute Gasteiger partial charge is 0.407 e. The summed E-state index contributed by atoms with van der Waals surface area (Å²) in [5, 5.41) is 14.8. The number of amides is 2. The number of carboxylic acid groups (broad SMARTS) is 1. The van der Waals surface area contributed by atoms with Crippen molar-refractivity contribution in [1.82, 2.24) is 10.6 Å². The molecule has 0 spiro atoms. The van der Waals surface area contributed by atoms with Gasteiger partial charge in [0.15, 0.2) is 0 Å². The molecule has 0 bridgehead atoms. The normalized spacial score (nSPS) is 18.9. The lowest BCUT2D eigenvalue weighted by Crippen LogP contribution is -2.56. The van der Waals surface area contributed by atoms with Gasteiger partial charge in [-0.05, 0) is 59.8 Å². The topological polar surface area (TPSA) is 105 Å². The molecule has 172 valence electrons. The summed E-state index contributed by atoms with van der Waals surface area (Å²) >= 11 is 0. The van der Waals surface area contributed by atoms with Crippen LogP contribution in [0.15, 0.2) is 48.5 Å². The van der Waals surface area contributed by atoms with Crippen LogP contribution in [0.2, 0.25) is 0 Å². The van der Waals surface area contributed by atoms with Crippen molar-refractivity contribution in [3.63, 3.8) is 0 Å². The number of rotatable bonds is 8. The van der Waals surface area contributed by atoms with Crippen molar-refractivity contribution in [1.29, 1.82) is 0 Å². The van der Waals surface area contributed by atoms with Crippen LogP contribution >= 0.6 is 0 Å². The monoisotopic (exact) mass is 448 g/mol. The lowest BCUT2D eigenvalue weighted by Gasteiger charge is -2.33. The first kappa shape index (κ1) is 21.5. The summed E-state index contributed by atoms with van der Waals surface area (Å²) in [5.41, 5.74) is 4.53. The van der Waals surface area contributed by atoms with E-state index in [1.165, 1.54) is 0 Å². The molecule has 5 rings (SSSR count). The third-order valence-electron chi connectivity index (χ3n) is 7.18. The van der Waals surface area contributed by atoms with Crippen LogP contribution in [0.25, 0.3) is 11.1 Å². The molecule has 2 fully saturated rings. The fourth-order valence-electron chi connectivity index (χ4n) is 4.99. The zero-order valence-electron chi connectivity index (χ0n) is 18.3. The van der Waals surface area contributed by atoms with Gasteiger partial charge in [0.2, 0.25) is 5.91 Å². The minimum Gasteiger partial charge on any atom is -0.480 e. The molecule has 0 aromatic heterocycles. The summed E-state index contributed by atoms with van der Waals surface area (Å²) in [7, 11) is 0. The highest BCUT2D eigenvalue weighted by atomic mass is 16.5. The van der Waals surface area contributed by atoms with Gasteiger partial charge in [-0.1, -0.05) is 55.0 Å². The van der Waals surface area contributed by atoms with Crippen molar-refractivity contribution in [3.05, 3.63) is 59.7 Å². The van der Waals surface area contributed by atoms with Crippen molar-refractivity contribution < 1.29 is 24.2 Å². The van der Waals surface area contributed by atoms with E-state index in [1.807, 2.05) is 24.3 Å². The van der Waals surface area contributed by atoms with E-state index in [0.29, 0.717) is 0 Å². The minimum absolute atomic E-state index is 0.000805. The molecule has 2 unspecified atom stereocenters. The predicted octanol–water partition coefficient (Wildman–Crippen LogP) is 3.67. The molecule has 2 aromatic carbocycles.